The Kier molecular flexibility index (Phi) is 9.70. The van der Waals surface area contributed by atoms with Crippen molar-refractivity contribution in [2.75, 3.05) is 13.2 Å². The van der Waals surface area contributed by atoms with Crippen LogP contribution in [-0.4, -0.2) is 81.3 Å². The van der Waals surface area contributed by atoms with Gasteiger partial charge in [0, 0.05) is 45.1 Å². The first-order chi connectivity index (χ1) is 18.1. The lowest BCUT2D eigenvalue weighted by atomic mass is 10.4. The Balaban J connectivity index is 0.000000180. The highest BCUT2D eigenvalue weighted by Gasteiger charge is 2.38. The normalized spacial score (nSPS) is 20.6. The van der Waals surface area contributed by atoms with Crippen molar-refractivity contribution in [1.29, 1.82) is 0 Å². The molecule has 1 N–H and O–H groups in total. The number of carbonyl (C=O) groups excluding carboxylic acids is 8. The van der Waals surface area contributed by atoms with Gasteiger partial charge in [-0.2, -0.15) is 4.79 Å². The Labute approximate surface area is 215 Å². The van der Waals surface area contributed by atoms with E-state index in [0.717, 1.165) is 12.8 Å². The molecule has 5 aliphatic rings. The number of hydroxylamine groups is 6. The zero-order valence-corrected chi connectivity index (χ0v) is 20.3. The molecule has 0 spiro atoms. The number of nitrogens with zero attached hydrogens (tertiary/aromatic N) is 3. The summed E-state index contributed by atoms with van der Waals surface area (Å²) in [4.78, 5) is 102. The summed E-state index contributed by atoms with van der Waals surface area (Å²) in [5.74, 6) is -2.62. The molecule has 0 aromatic heterocycles. The smallest absolute Gasteiger partial charge is 0.432 e. The molecule has 6 amide bonds. The van der Waals surface area contributed by atoms with E-state index in [1.807, 2.05) is 0 Å². The molecule has 3 aliphatic heterocycles. The minimum atomic E-state index is -1.48. The zero-order valence-electron chi connectivity index (χ0n) is 20.3. The Morgan fingerprint density at radius 2 is 0.895 bits per heavy atom. The average molecular weight is 541 g/mol. The van der Waals surface area contributed by atoms with E-state index < -0.39 is 47.8 Å². The molecular weight excluding hydrogens is 514 g/mol. The molecule has 208 valence electrons. The van der Waals surface area contributed by atoms with Crippen molar-refractivity contribution in [3.8, 4) is 0 Å². The van der Waals surface area contributed by atoms with Gasteiger partial charge in [-0.1, -0.05) is 15.2 Å². The second kappa shape index (κ2) is 12.9. The SMILES string of the molecule is O=C(OCC1CC1)ON1C(=O)CCC1=O.O=C(ON1C(=O)CCC1=O)ON1C(=O)CCC1=O.OCC1CC1. The summed E-state index contributed by atoms with van der Waals surface area (Å²) in [6.45, 7) is 0.717. The van der Waals surface area contributed by atoms with Crippen LogP contribution in [0.1, 0.15) is 64.2 Å². The van der Waals surface area contributed by atoms with Crippen LogP contribution in [0.2, 0.25) is 0 Å². The highest BCUT2D eigenvalue weighted by atomic mass is 16.9. The van der Waals surface area contributed by atoms with Crippen LogP contribution in [0.25, 0.3) is 0 Å². The number of hydrogen-bond acceptors (Lipinski definition) is 13. The van der Waals surface area contributed by atoms with Gasteiger partial charge in [0.2, 0.25) is 0 Å². The summed E-state index contributed by atoms with van der Waals surface area (Å²) >= 11 is 0. The minimum absolute atomic E-state index is 0.0618. The van der Waals surface area contributed by atoms with Gasteiger partial charge in [0.25, 0.3) is 35.4 Å². The van der Waals surface area contributed by atoms with Crippen molar-refractivity contribution in [2.45, 2.75) is 64.2 Å². The van der Waals surface area contributed by atoms with Crippen LogP contribution in [0.3, 0.4) is 0 Å². The summed E-state index contributed by atoms with van der Waals surface area (Å²) in [7, 11) is 0. The van der Waals surface area contributed by atoms with Gasteiger partial charge < -0.3 is 9.84 Å². The third kappa shape index (κ3) is 8.50. The molecule has 16 nitrogen and oxygen atoms in total. The number of amides is 6. The van der Waals surface area contributed by atoms with Crippen LogP contribution in [0.4, 0.5) is 9.59 Å². The van der Waals surface area contributed by atoms with Gasteiger partial charge in [-0.3, -0.25) is 43.3 Å². The predicted molar refractivity (Wildman–Crippen MR) is 116 cm³/mol. The third-order valence-electron chi connectivity index (χ3n) is 5.60. The average Bonchev–Trinajstić information content (AvgIpc) is 3.81. The molecule has 16 heteroatoms. The predicted octanol–water partition coefficient (Wildman–Crippen LogP) is 0.270. The van der Waals surface area contributed by atoms with E-state index in [1.165, 1.54) is 12.8 Å². The molecule has 0 aromatic rings. The topological polar surface area (TPSA) is 203 Å². The summed E-state index contributed by atoms with van der Waals surface area (Å²) in [5.41, 5.74) is 0. The number of ether oxygens (including phenoxy) is 1. The van der Waals surface area contributed by atoms with Gasteiger partial charge in [0.15, 0.2) is 0 Å². The lowest BCUT2D eigenvalue weighted by molar-refractivity contribution is -0.198. The summed E-state index contributed by atoms with van der Waals surface area (Å²) in [6, 6.07) is 0. The van der Waals surface area contributed by atoms with Gasteiger partial charge in [0.1, 0.15) is 0 Å². The fourth-order valence-electron chi connectivity index (χ4n) is 3.01. The Hall–Kier alpha value is -4.08. The summed E-state index contributed by atoms with van der Waals surface area (Å²) < 4.78 is 4.72. The maximum Gasteiger partial charge on any atom is 0.560 e. The molecule has 0 radical (unpaired) electrons. The highest BCUT2D eigenvalue weighted by Crippen LogP contribution is 2.29. The number of carbonyl (C=O) groups is 8. The number of imide groups is 3. The van der Waals surface area contributed by atoms with E-state index in [2.05, 4.69) is 14.5 Å². The summed E-state index contributed by atoms with van der Waals surface area (Å²) in [6.07, 6.45) is 2.09. The molecule has 0 aromatic carbocycles. The lowest BCUT2D eigenvalue weighted by Gasteiger charge is -2.15. The van der Waals surface area contributed by atoms with Crippen LogP contribution in [0, 0.1) is 11.8 Å². The van der Waals surface area contributed by atoms with Crippen LogP contribution in [-0.2, 0) is 48.0 Å². The Morgan fingerprint density at radius 3 is 1.16 bits per heavy atom. The van der Waals surface area contributed by atoms with Crippen LogP contribution < -0.4 is 0 Å². The second-order valence-corrected chi connectivity index (χ2v) is 8.90. The number of hydrogen-bond donors (Lipinski definition) is 1. The van der Waals surface area contributed by atoms with Crippen LogP contribution in [0.15, 0.2) is 0 Å². The maximum absolute atomic E-state index is 11.2. The molecule has 0 atom stereocenters. The van der Waals surface area contributed by atoms with Crippen LogP contribution in [0.5, 0.6) is 0 Å². The van der Waals surface area contributed by atoms with Gasteiger partial charge >= 0.3 is 12.3 Å². The minimum Gasteiger partial charge on any atom is -0.432 e. The molecule has 38 heavy (non-hydrogen) atoms. The molecule has 2 saturated carbocycles. The van der Waals surface area contributed by atoms with Crippen molar-refractivity contribution in [3.63, 3.8) is 0 Å². The van der Waals surface area contributed by atoms with E-state index in [-0.39, 0.29) is 48.7 Å². The van der Waals surface area contributed by atoms with Crippen molar-refractivity contribution in [1.82, 2.24) is 15.2 Å². The monoisotopic (exact) mass is 541 g/mol. The van der Waals surface area contributed by atoms with E-state index in [9.17, 15) is 38.4 Å². The van der Waals surface area contributed by atoms with E-state index in [1.54, 1.807) is 0 Å². The number of rotatable bonds is 6. The Morgan fingerprint density at radius 1 is 0.579 bits per heavy atom. The Bertz CT molecular complexity index is 916. The van der Waals surface area contributed by atoms with Crippen molar-refractivity contribution in [2.24, 2.45) is 11.8 Å². The molecule has 5 rings (SSSR count). The molecular formula is C22H27N3O13. The highest BCUT2D eigenvalue weighted by molar-refractivity contribution is 6.03. The molecule has 3 saturated heterocycles. The molecule has 5 fully saturated rings. The quantitative estimate of drug-likeness (QED) is 0.355. The third-order valence-corrected chi connectivity index (χ3v) is 5.60. The fraction of sp³-hybridized carbons (Fsp3) is 0.636. The first kappa shape index (κ1) is 28.5. The number of aliphatic hydroxyl groups excluding tert-OH is 1. The largest absolute Gasteiger partial charge is 0.560 e. The van der Waals surface area contributed by atoms with Crippen molar-refractivity contribution < 1.29 is 62.7 Å². The standard InChI is InChI=1S/C9H8N2O7.C9H11NO5.C4H8O/c12-5-1-2-6(13)10(5)17-9(16)18-11-7(14)3-4-8(11)15;11-7-3-4-8(12)10(7)15-9(13)14-5-6-1-2-6;5-3-4-1-2-4/h1-4H2;6H,1-5H2;4-5H,1-3H2. The number of aliphatic hydroxyl groups is 1. The fourth-order valence-corrected chi connectivity index (χ4v) is 3.01. The second-order valence-electron chi connectivity index (χ2n) is 8.90. The molecule has 0 unspecified atom stereocenters. The first-order valence-corrected chi connectivity index (χ1v) is 12.0. The van der Waals surface area contributed by atoms with E-state index in [0.29, 0.717) is 30.1 Å². The van der Waals surface area contributed by atoms with E-state index >= 15 is 0 Å². The summed E-state index contributed by atoms with van der Waals surface area (Å²) in [5, 5.41) is 9.20. The van der Waals surface area contributed by atoms with Crippen molar-refractivity contribution in [3.05, 3.63) is 0 Å². The van der Waals surface area contributed by atoms with Gasteiger partial charge in [-0.05, 0) is 37.5 Å². The van der Waals surface area contributed by atoms with Gasteiger partial charge in [0.05, 0.1) is 6.61 Å². The zero-order chi connectivity index (χ0) is 27.8. The molecule has 3 heterocycles. The van der Waals surface area contributed by atoms with Gasteiger partial charge in [-0.25, -0.2) is 4.79 Å². The molecule has 2 aliphatic carbocycles. The van der Waals surface area contributed by atoms with Crippen molar-refractivity contribution >= 4 is 47.8 Å². The van der Waals surface area contributed by atoms with Crippen LogP contribution >= 0.6 is 0 Å². The molecule has 0 bridgehead atoms. The van der Waals surface area contributed by atoms with Gasteiger partial charge in [-0.15, -0.1) is 0 Å². The maximum atomic E-state index is 11.2. The first-order valence-electron chi connectivity index (χ1n) is 12.0. The van der Waals surface area contributed by atoms with E-state index in [4.69, 9.17) is 9.84 Å². The lowest BCUT2D eigenvalue weighted by Crippen LogP contribution is -2.37.